The summed E-state index contributed by atoms with van der Waals surface area (Å²) in [6, 6.07) is 0. The van der Waals surface area contributed by atoms with Crippen LogP contribution in [0.25, 0.3) is 11.1 Å². The minimum Gasteiger partial charge on any atom is -0.504 e. The Morgan fingerprint density at radius 1 is 0.677 bits per heavy atom. The van der Waals surface area contributed by atoms with Crippen molar-refractivity contribution in [1.29, 1.82) is 0 Å². The summed E-state index contributed by atoms with van der Waals surface area (Å²) in [4.78, 5) is 0. The topological polar surface area (TPSA) is 74.8 Å². The lowest BCUT2D eigenvalue weighted by Gasteiger charge is -2.18. The lowest BCUT2D eigenvalue weighted by atomic mass is 9.88. The van der Waals surface area contributed by atoms with Crippen LogP contribution in [0.2, 0.25) is 0 Å². The number of epoxide rings is 2. The van der Waals surface area contributed by atoms with E-state index in [1.165, 1.54) is 0 Å². The Morgan fingerprint density at radius 3 is 1.84 bits per heavy atom. The summed E-state index contributed by atoms with van der Waals surface area (Å²) in [6.45, 7) is -0.747. The van der Waals surface area contributed by atoms with Crippen molar-refractivity contribution in [2.24, 2.45) is 0 Å². The Balaban J connectivity index is 1.88. The molecule has 2 aromatic carbocycles. The van der Waals surface area contributed by atoms with Gasteiger partial charge >= 0.3 is 6.11 Å². The normalized spacial score (nSPS) is 28.0. The number of phenols is 2. The average Bonchev–Trinajstić information content (AvgIpc) is 3.63. The van der Waals surface area contributed by atoms with E-state index < -0.39 is 106 Å². The van der Waals surface area contributed by atoms with E-state index in [4.69, 9.17) is 14.6 Å². The predicted octanol–water partition coefficient (Wildman–Crippen LogP) is 4.10. The van der Waals surface area contributed by atoms with Crippen LogP contribution in [0.15, 0.2) is 0 Å². The number of hydrogen-bond donors (Lipinski definition) is 2. The van der Waals surface area contributed by atoms with Crippen molar-refractivity contribution in [1.82, 2.24) is 0 Å². The van der Waals surface area contributed by atoms with E-state index >= 15 is 0 Å². The molecule has 0 spiro atoms. The van der Waals surface area contributed by atoms with Gasteiger partial charge in [0.25, 0.3) is 0 Å². The van der Waals surface area contributed by atoms with E-state index in [9.17, 15) is 40.2 Å². The highest BCUT2D eigenvalue weighted by atomic mass is 19.3. The highest BCUT2D eigenvalue weighted by Crippen LogP contribution is 2.59. The number of ether oxygens (including phenoxy) is 3. The Hall–Kier alpha value is -2.64. The van der Waals surface area contributed by atoms with E-state index in [2.05, 4.69) is 4.74 Å². The van der Waals surface area contributed by atoms with Crippen LogP contribution in [-0.2, 0) is 14.2 Å². The van der Waals surface area contributed by atoms with Crippen molar-refractivity contribution in [3.8, 4) is 22.6 Å². The third-order valence-electron chi connectivity index (χ3n) is 5.34. The number of aromatic hydroxyl groups is 2. The van der Waals surface area contributed by atoms with Crippen LogP contribution in [-0.4, -0.2) is 35.1 Å². The van der Waals surface area contributed by atoms with Gasteiger partial charge in [-0.05, 0) is 0 Å². The Morgan fingerprint density at radius 2 is 1.23 bits per heavy atom. The zero-order valence-electron chi connectivity index (χ0n) is 14.7. The van der Waals surface area contributed by atoms with Gasteiger partial charge in [0.2, 0.25) is 17.5 Å². The summed E-state index contributed by atoms with van der Waals surface area (Å²) in [6.07, 6.45) is -10.6. The molecule has 0 aromatic heterocycles. The third-order valence-corrected chi connectivity index (χ3v) is 5.34. The molecule has 2 fully saturated rings. The monoisotopic (exact) mass is 456 g/mol. The molecule has 0 aliphatic carbocycles. The third kappa shape index (κ3) is 2.66. The van der Waals surface area contributed by atoms with Crippen LogP contribution >= 0.6 is 0 Å². The molecule has 3 heterocycles. The second-order valence-corrected chi connectivity index (χ2v) is 7.10. The number of phenolic OH excluding ortho intramolecular Hbond substituents is 2. The molecule has 31 heavy (non-hydrogen) atoms. The molecule has 2 N–H and O–H groups in total. The van der Waals surface area contributed by atoms with Crippen molar-refractivity contribution in [2.75, 3.05) is 6.61 Å². The molecule has 2 aromatic rings. The fraction of sp³-hybridized carbons (Fsp3) is 0.333. The SMILES string of the molecule is Oc1c(F)c(F)c(-c2c(F)c(F)c(O)c3c2C2OC2C(F)(F)OCC2OC32)c(F)c1F. The summed E-state index contributed by atoms with van der Waals surface area (Å²) in [5.74, 6) is -17.0. The lowest BCUT2D eigenvalue weighted by Crippen LogP contribution is -2.29. The molecule has 3 aliphatic rings. The van der Waals surface area contributed by atoms with Crippen molar-refractivity contribution in [3.63, 3.8) is 0 Å². The van der Waals surface area contributed by atoms with Gasteiger partial charge in [-0.1, -0.05) is 0 Å². The first kappa shape index (κ1) is 20.3. The van der Waals surface area contributed by atoms with Crippen molar-refractivity contribution < 1.29 is 59.5 Å². The largest absolute Gasteiger partial charge is 0.504 e. The van der Waals surface area contributed by atoms with Crippen LogP contribution in [0.3, 0.4) is 0 Å². The van der Waals surface area contributed by atoms with Gasteiger partial charge < -0.3 is 24.4 Å². The zero-order chi connectivity index (χ0) is 22.6. The zero-order valence-corrected chi connectivity index (χ0v) is 14.7. The summed E-state index contributed by atoms with van der Waals surface area (Å²) in [5, 5.41) is 19.2. The predicted molar refractivity (Wildman–Crippen MR) is 81.1 cm³/mol. The van der Waals surface area contributed by atoms with Crippen molar-refractivity contribution >= 4 is 0 Å². The first-order valence-corrected chi connectivity index (χ1v) is 8.59. The molecule has 5 nitrogen and oxygen atoms in total. The number of alkyl halides is 2. The highest BCUT2D eigenvalue weighted by Gasteiger charge is 2.64. The summed E-state index contributed by atoms with van der Waals surface area (Å²) in [7, 11) is 0. The molecular weight excluding hydrogens is 448 g/mol. The van der Waals surface area contributed by atoms with E-state index in [0.29, 0.717) is 0 Å². The summed E-state index contributed by atoms with van der Waals surface area (Å²) in [5.41, 5.74) is -4.89. The van der Waals surface area contributed by atoms with Gasteiger partial charge in [0.15, 0.2) is 35.1 Å². The fourth-order valence-electron chi connectivity index (χ4n) is 3.77. The fourth-order valence-corrected chi connectivity index (χ4v) is 3.77. The van der Waals surface area contributed by atoms with Gasteiger partial charge in [0, 0.05) is 16.7 Å². The Labute approximate surface area is 166 Å². The number of hydrogen-bond acceptors (Lipinski definition) is 5. The van der Waals surface area contributed by atoms with Crippen LogP contribution < -0.4 is 0 Å². The molecule has 4 unspecified atom stereocenters. The Kier molecular flexibility index (Phi) is 4.06. The second-order valence-electron chi connectivity index (χ2n) is 7.10. The van der Waals surface area contributed by atoms with Crippen LogP contribution in [0.5, 0.6) is 11.5 Å². The molecule has 2 saturated heterocycles. The first-order valence-electron chi connectivity index (χ1n) is 8.59. The maximum atomic E-state index is 14.8. The molecular formula is C18H8F8O5. The van der Waals surface area contributed by atoms with Crippen LogP contribution in [0.4, 0.5) is 35.1 Å². The van der Waals surface area contributed by atoms with Gasteiger partial charge in [0.1, 0.15) is 18.3 Å². The highest BCUT2D eigenvalue weighted by molar-refractivity contribution is 5.75. The van der Waals surface area contributed by atoms with E-state index in [1.807, 2.05) is 0 Å². The number of benzene rings is 2. The molecule has 3 aliphatic heterocycles. The molecule has 0 saturated carbocycles. The van der Waals surface area contributed by atoms with Crippen LogP contribution in [0, 0.1) is 34.9 Å². The summed E-state index contributed by atoms with van der Waals surface area (Å²) >= 11 is 0. The molecule has 0 amide bonds. The van der Waals surface area contributed by atoms with Crippen molar-refractivity contribution in [2.45, 2.75) is 30.5 Å². The Bertz CT molecular complexity index is 1120. The van der Waals surface area contributed by atoms with Crippen LogP contribution in [0.1, 0.15) is 23.3 Å². The number of halogens is 8. The van der Waals surface area contributed by atoms with Gasteiger partial charge in [-0.15, -0.1) is 0 Å². The van der Waals surface area contributed by atoms with Gasteiger partial charge in [-0.3, -0.25) is 0 Å². The minimum absolute atomic E-state index is 0.680. The second kappa shape index (κ2) is 6.20. The maximum absolute atomic E-state index is 14.8. The van der Waals surface area contributed by atoms with Gasteiger partial charge in [-0.25, -0.2) is 13.2 Å². The quantitative estimate of drug-likeness (QED) is 0.384. The van der Waals surface area contributed by atoms with E-state index in [-0.39, 0.29) is 0 Å². The smallest absolute Gasteiger partial charge is 0.384 e. The standard InChI is InChI=1S/C18H8F8O5/c19-7-3(5-8(20)11(23)14(28)12(24)9(5)21)4-6(13(27)10(7)22)15-2(30-15)1-29-18(25,26)17-16(4)31-17/h2,15-17,27-28H,1H2. The molecule has 0 bridgehead atoms. The molecule has 5 rings (SSSR count). The van der Waals surface area contributed by atoms with E-state index in [1.54, 1.807) is 0 Å². The van der Waals surface area contributed by atoms with Gasteiger partial charge in [0.05, 0.1) is 12.2 Å². The average molecular weight is 456 g/mol. The lowest BCUT2D eigenvalue weighted by molar-refractivity contribution is -0.251. The number of rotatable bonds is 1. The van der Waals surface area contributed by atoms with E-state index in [0.717, 1.165) is 0 Å². The first-order chi connectivity index (χ1) is 14.5. The van der Waals surface area contributed by atoms with Crippen molar-refractivity contribution in [3.05, 3.63) is 46.0 Å². The molecule has 166 valence electrons. The molecule has 0 radical (unpaired) electrons. The molecule has 13 heteroatoms. The molecule has 4 atom stereocenters. The maximum Gasteiger partial charge on any atom is 0.384 e. The van der Waals surface area contributed by atoms with Gasteiger partial charge in [-0.2, -0.15) is 22.0 Å². The summed E-state index contributed by atoms with van der Waals surface area (Å²) < 4.78 is 129. The number of fused-ring (bicyclic) bond motifs is 5. The minimum atomic E-state index is -4.00.